The van der Waals surface area contributed by atoms with Gasteiger partial charge < -0.3 is 10.2 Å². The fourth-order valence-electron chi connectivity index (χ4n) is 4.08. The van der Waals surface area contributed by atoms with E-state index in [4.69, 9.17) is 11.6 Å². The van der Waals surface area contributed by atoms with Crippen molar-refractivity contribution in [3.05, 3.63) is 46.6 Å². The van der Waals surface area contributed by atoms with Gasteiger partial charge in [-0.05, 0) is 18.9 Å². The van der Waals surface area contributed by atoms with Crippen LogP contribution in [0, 0.1) is 0 Å². The number of carbonyl (C=O) groups excluding carboxylic acids is 2. The van der Waals surface area contributed by atoms with Crippen LogP contribution in [0.1, 0.15) is 29.8 Å². The number of carbonyl (C=O) groups is 2. The molecule has 2 aromatic heterocycles. The summed E-state index contributed by atoms with van der Waals surface area (Å²) in [5, 5.41) is 5.39. The van der Waals surface area contributed by atoms with E-state index in [0.717, 1.165) is 29.1 Å². The van der Waals surface area contributed by atoms with Crippen LogP contribution in [0.4, 0.5) is 0 Å². The molecule has 1 N–H and O–H groups in total. The summed E-state index contributed by atoms with van der Waals surface area (Å²) in [5.74, 6) is -0.00698. The van der Waals surface area contributed by atoms with Crippen LogP contribution < -0.4 is 5.32 Å². The maximum atomic E-state index is 13.3. The van der Waals surface area contributed by atoms with Gasteiger partial charge in [-0.1, -0.05) is 29.8 Å². The molecule has 1 aromatic carbocycles. The molecule has 3 aromatic rings. The molecule has 2 saturated heterocycles. The van der Waals surface area contributed by atoms with Crippen molar-refractivity contribution in [2.24, 2.45) is 0 Å². The number of fused-ring (bicyclic) bond motifs is 3. The molecule has 0 unspecified atom stereocenters. The zero-order chi connectivity index (χ0) is 18.5. The Kier molecular flexibility index (Phi) is 3.94. The highest BCUT2D eigenvalue weighted by Crippen LogP contribution is 2.32. The van der Waals surface area contributed by atoms with Crippen LogP contribution in [0.15, 0.2) is 35.8 Å². The van der Waals surface area contributed by atoms with Crippen molar-refractivity contribution >= 4 is 39.7 Å². The highest BCUT2D eigenvalue weighted by Gasteiger charge is 2.41. The summed E-state index contributed by atoms with van der Waals surface area (Å²) >= 11 is 7.73. The van der Waals surface area contributed by atoms with E-state index in [1.54, 1.807) is 0 Å². The van der Waals surface area contributed by atoms with Crippen molar-refractivity contribution < 1.29 is 9.59 Å². The Balaban J connectivity index is 1.53. The fourth-order valence-corrected chi connectivity index (χ4v) is 5.16. The average Bonchev–Trinajstić information content (AvgIpc) is 3.30. The predicted molar refractivity (Wildman–Crippen MR) is 104 cm³/mol. The van der Waals surface area contributed by atoms with E-state index in [1.165, 1.54) is 11.3 Å². The van der Waals surface area contributed by atoms with Gasteiger partial charge in [-0.2, -0.15) is 0 Å². The Morgan fingerprint density at radius 3 is 2.93 bits per heavy atom. The minimum Gasteiger partial charge on any atom is -0.354 e. The molecule has 8 heteroatoms. The number of nitrogens with zero attached hydrogens (tertiary/aromatic N) is 3. The maximum Gasteiger partial charge on any atom is 0.272 e. The van der Waals surface area contributed by atoms with Crippen LogP contribution in [0.3, 0.4) is 0 Å². The first-order chi connectivity index (χ1) is 13.1. The number of nitrogens with one attached hydrogen (secondary N) is 1. The van der Waals surface area contributed by atoms with Gasteiger partial charge in [0.05, 0.1) is 10.7 Å². The third-order valence-electron chi connectivity index (χ3n) is 5.39. The van der Waals surface area contributed by atoms with Crippen LogP contribution >= 0.6 is 22.9 Å². The Hall–Kier alpha value is -2.38. The van der Waals surface area contributed by atoms with Gasteiger partial charge >= 0.3 is 0 Å². The lowest BCUT2D eigenvalue weighted by Gasteiger charge is -2.27. The summed E-state index contributed by atoms with van der Waals surface area (Å²) in [5.41, 5.74) is 2.18. The lowest BCUT2D eigenvalue weighted by atomic mass is 10.1. The van der Waals surface area contributed by atoms with Crippen LogP contribution in [0.25, 0.3) is 16.2 Å². The molecule has 2 aliphatic rings. The Bertz CT molecular complexity index is 1060. The van der Waals surface area contributed by atoms with Gasteiger partial charge in [0.2, 0.25) is 5.91 Å². The molecule has 138 valence electrons. The molecule has 2 amide bonds. The molecule has 5 rings (SSSR count). The summed E-state index contributed by atoms with van der Waals surface area (Å²) < 4.78 is 1.84. The van der Waals surface area contributed by atoms with Gasteiger partial charge in [-0.15, -0.1) is 11.3 Å². The van der Waals surface area contributed by atoms with Crippen molar-refractivity contribution in [2.75, 3.05) is 6.54 Å². The first-order valence-corrected chi connectivity index (χ1v) is 10.2. The molecule has 6 nitrogen and oxygen atoms in total. The third-order valence-corrected chi connectivity index (χ3v) is 6.56. The van der Waals surface area contributed by atoms with Gasteiger partial charge in [0, 0.05) is 42.2 Å². The zero-order valence-corrected chi connectivity index (χ0v) is 16.0. The SMILES string of the molecule is O=C1C[C@H]2CC[C@@H](CN1)N2C(=O)c1csc2nc(-c3ccccc3Cl)cn12. The lowest BCUT2D eigenvalue weighted by molar-refractivity contribution is -0.121. The number of amides is 2. The fraction of sp³-hybridized carbons (Fsp3) is 0.316. The van der Waals surface area contributed by atoms with Crippen molar-refractivity contribution in [1.29, 1.82) is 0 Å². The smallest absolute Gasteiger partial charge is 0.272 e. The Morgan fingerprint density at radius 2 is 2.07 bits per heavy atom. The summed E-state index contributed by atoms with van der Waals surface area (Å²) in [4.78, 5) is 32.5. The molecule has 0 aliphatic carbocycles. The number of rotatable bonds is 2. The molecule has 0 spiro atoms. The molecule has 4 heterocycles. The second-order valence-corrected chi connectivity index (χ2v) is 8.23. The van der Waals surface area contributed by atoms with Crippen molar-refractivity contribution in [2.45, 2.75) is 31.3 Å². The molecule has 2 atom stereocenters. The number of aromatic nitrogens is 2. The molecule has 0 radical (unpaired) electrons. The first-order valence-electron chi connectivity index (χ1n) is 8.92. The maximum absolute atomic E-state index is 13.3. The Labute approximate surface area is 164 Å². The highest BCUT2D eigenvalue weighted by molar-refractivity contribution is 7.15. The van der Waals surface area contributed by atoms with Crippen molar-refractivity contribution in [1.82, 2.24) is 19.6 Å². The number of benzene rings is 1. The largest absolute Gasteiger partial charge is 0.354 e. The van der Waals surface area contributed by atoms with Gasteiger partial charge in [-0.25, -0.2) is 4.98 Å². The lowest BCUT2D eigenvalue weighted by Crippen LogP contribution is -2.42. The summed E-state index contributed by atoms with van der Waals surface area (Å²) in [6.07, 6.45) is 4.05. The van der Waals surface area contributed by atoms with Gasteiger partial charge in [0.15, 0.2) is 4.96 Å². The van der Waals surface area contributed by atoms with E-state index in [-0.39, 0.29) is 23.9 Å². The number of hydrogen-bond donors (Lipinski definition) is 1. The molecule has 2 bridgehead atoms. The second-order valence-electron chi connectivity index (χ2n) is 6.99. The molecule has 2 fully saturated rings. The van der Waals surface area contributed by atoms with Crippen LogP contribution in [-0.2, 0) is 4.79 Å². The zero-order valence-electron chi connectivity index (χ0n) is 14.4. The van der Waals surface area contributed by atoms with E-state index >= 15 is 0 Å². The topological polar surface area (TPSA) is 66.7 Å². The molecular weight excluding hydrogens is 384 g/mol. The molecule has 27 heavy (non-hydrogen) atoms. The monoisotopic (exact) mass is 400 g/mol. The van der Waals surface area contributed by atoms with E-state index in [2.05, 4.69) is 10.3 Å². The first kappa shape index (κ1) is 16.8. The van der Waals surface area contributed by atoms with E-state index in [9.17, 15) is 9.59 Å². The number of thiazole rings is 1. The normalized spacial score (nSPS) is 22.1. The third kappa shape index (κ3) is 2.73. The van der Waals surface area contributed by atoms with Crippen LogP contribution in [0.2, 0.25) is 5.02 Å². The summed E-state index contributed by atoms with van der Waals surface area (Å²) in [7, 11) is 0. The van der Waals surface area contributed by atoms with Crippen LogP contribution in [-0.4, -0.2) is 44.7 Å². The standard InChI is InChI=1S/C19H17ClN4O2S/c20-14-4-2-1-3-13(14)15-9-23-16(10-27-19(23)22-15)18(26)24-11-5-6-12(24)8-21-17(25)7-11/h1-4,9-12H,5-8H2,(H,21,25)/t11-,12+/m1/s1. The molecule has 0 saturated carbocycles. The summed E-state index contributed by atoms with van der Waals surface area (Å²) in [6, 6.07) is 7.59. The summed E-state index contributed by atoms with van der Waals surface area (Å²) in [6.45, 7) is 0.531. The van der Waals surface area contributed by atoms with Gasteiger partial charge in [0.1, 0.15) is 5.69 Å². The average molecular weight is 401 g/mol. The Morgan fingerprint density at radius 1 is 1.26 bits per heavy atom. The molecular formula is C19H17ClN4O2S. The number of halogens is 1. The van der Waals surface area contributed by atoms with E-state index in [1.807, 2.05) is 45.1 Å². The highest BCUT2D eigenvalue weighted by atomic mass is 35.5. The minimum absolute atomic E-state index is 0.0218. The van der Waals surface area contributed by atoms with Crippen molar-refractivity contribution in [3.8, 4) is 11.3 Å². The molecule has 2 aliphatic heterocycles. The predicted octanol–water partition coefficient (Wildman–Crippen LogP) is 3.21. The van der Waals surface area contributed by atoms with Crippen molar-refractivity contribution in [3.63, 3.8) is 0 Å². The van der Waals surface area contributed by atoms with E-state index in [0.29, 0.717) is 23.7 Å². The number of imidazole rings is 1. The van der Waals surface area contributed by atoms with E-state index < -0.39 is 0 Å². The van der Waals surface area contributed by atoms with Crippen LogP contribution in [0.5, 0.6) is 0 Å². The number of hydrogen-bond acceptors (Lipinski definition) is 4. The quantitative estimate of drug-likeness (QED) is 0.718. The minimum atomic E-state index is -0.0339. The van der Waals surface area contributed by atoms with Gasteiger partial charge in [0.25, 0.3) is 5.91 Å². The van der Waals surface area contributed by atoms with Gasteiger partial charge in [-0.3, -0.25) is 14.0 Å². The second kappa shape index (κ2) is 6.35.